The molecule has 1 atom stereocenters. The van der Waals surface area contributed by atoms with Crippen molar-refractivity contribution in [3.63, 3.8) is 0 Å². The van der Waals surface area contributed by atoms with Gasteiger partial charge in [0.05, 0.1) is 0 Å². The number of carbonyl (C=O) groups is 3. The first-order chi connectivity index (χ1) is 40.0. The molecule has 0 radical (unpaired) electrons. The monoisotopic (exact) mass is 1140 g/mol. The summed E-state index contributed by atoms with van der Waals surface area (Å²) in [6.45, 7) is 6.68. The van der Waals surface area contributed by atoms with Gasteiger partial charge in [-0.2, -0.15) is 0 Å². The maximum Gasteiger partial charge on any atom is 0.306 e. The number of hydrogen-bond donors (Lipinski definition) is 0. The lowest BCUT2D eigenvalue weighted by molar-refractivity contribution is -0.167. The van der Waals surface area contributed by atoms with Gasteiger partial charge in [-0.05, 0) is 103 Å². The molecular formula is C75H138O6. The van der Waals surface area contributed by atoms with Crippen molar-refractivity contribution in [1.82, 2.24) is 0 Å². The van der Waals surface area contributed by atoms with Gasteiger partial charge in [-0.25, -0.2) is 0 Å². The van der Waals surface area contributed by atoms with E-state index in [1.54, 1.807) is 0 Å². The predicted octanol–water partition coefficient (Wildman–Crippen LogP) is 24.9. The topological polar surface area (TPSA) is 78.9 Å². The summed E-state index contributed by atoms with van der Waals surface area (Å²) in [6.07, 6.45) is 88.5. The summed E-state index contributed by atoms with van der Waals surface area (Å²) in [5, 5.41) is 0. The lowest BCUT2D eigenvalue weighted by Crippen LogP contribution is -2.30. The first-order valence-electron chi connectivity index (χ1n) is 36.1. The minimum Gasteiger partial charge on any atom is -0.462 e. The highest BCUT2D eigenvalue weighted by molar-refractivity contribution is 5.71. The molecule has 0 aromatic rings. The smallest absolute Gasteiger partial charge is 0.306 e. The minimum atomic E-state index is -0.778. The Balaban J connectivity index is 4.33. The van der Waals surface area contributed by atoms with Crippen molar-refractivity contribution in [2.24, 2.45) is 0 Å². The summed E-state index contributed by atoms with van der Waals surface area (Å²) in [5.74, 6) is -0.852. The third kappa shape index (κ3) is 68.0. The van der Waals surface area contributed by atoms with Crippen LogP contribution in [0.25, 0.3) is 0 Å². The first-order valence-corrected chi connectivity index (χ1v) is 36.1. The van der Waals surface area contributed by atoms with E-state index in [9.17, 15) is 14.4 Å². The van der Waals surface area contributed by atoms with Crippen molar-refractivity contribution in [2.75, 3.05) is 13.2 Å². The summed E-state index contributed by atoms with van der Waals surface area (Å²) in [5.41, 5.74) is 0. The van der Waals surface area contributed by atoms with Gasteiger partial charge in [-0.3, -0.25) is 14.4 Å². The summed E-state index contributed by atoms with van der Waals surface area (Å²) in [7, 11) is 0. The zero-order chi connectivity index (χ0) is 58.5. The van der Waals surface area contributed by atoms with E-state index < -0.39 is 6.10 Å². The van der Waals surface area contributed by atoms with Gasteiger partial charge in [0.25, 0.3) is 0 Å². The zero-order valence-corrected chi connectivity index (χ0v) is 54.6. The summed E-state index contributed by atoms with van der Waals surface area (Å²) >= 11 is 0. The molecule has 0 aliphatic carbocycles. The second-order valence-corrected chi connectivity index (χ2v) is 24.5. The van der Waals surface area contributed by atoms with Crippen LogP contribution in [-0.4, -0.2) is 37.2 Å². The van der Waals surface area contributed by atoms with Crippen LogP contribution in [0.1, 0.15) is 393 Å². The third-order valence-corrected chi connectivity index (χ3v) is 16.3. The van der Waals surface area contributed by atoms with Crippen LogP contribution in [0.5, 0.6) is 0 Å². The van der Waals surface area contributed by atoms with Crippen LogP contribution in [0.15, 0.2) is 48.6 Å². The number of esters is 3. The van der Waals surface area contributed by atoms with Gasteiger partial charge in [0.2, 0.25) is 0 Å². The fraction of sp³-hybridized carbons (Fsp3) is 0.853. The van der Waals surface area contributed by atoms with Gasteiger partial charge in [-0.15, -0.1) is 0 Å². The highest BCUT2D eigenvalue weighted by Gasteiger charge is 2.19. The molecule has 0 rings (SSSR count). The Morgan fingerprint density at radius 2 is 0.444 bits per heavy atom. The maximum absolute atomic E-state index is 13.0. The highest BCUT2D eigenvalue weighted by Crippen LogP contribution is 2.18. The number of carbonyl (C=O) groups excluding carboxylic acids is 3. The molecule has 6 heteroatoms. The van der Waals surface area contributed by atoms with Gasteiger partial charge < -0.3 is 14.2 Å². The molecule has 0 aromatic carbocycles. The van der Waals surface area contributed by atoms with Crippen molar-refractivity contribution >= 4 is 17.9 Å². The van der Waals surface area contributed by atoms with Crippen LogP contribution in [0.4, 0.5) is 0 Å². The molecule has 0 fully saturated rings. The molecule has 0 amide bonds. The molecule has 0 saturated carbocycles. The molecule has 0 heterocycles. The molecule has 0 spiro atoms. The highest BCUT2D eigenvalue weighted by atomic mass is 16.6. The molecule has 81 heavy (non-hydrogen) atoms. The normalized spacial score (nSPS) is 12.3. The Morgan fingerprint density at radius 3 is 0.716 bits per heavy atom. The van der Waals surface area contributed by atoms with Crippen LogP contribution in [-0.2, 0) is 28.6 Å². The maximum atomic E-state index is 13.0. The van der Waals surface area contributed by atoms with E-state index in [0.717, 1.165) is 64.2 Å². The van der Waals surface area contributed by atoms with Gasteiger partial charge >= 0.3 is 17.9 Å². The fourth-order valence-electron chi connectivity index (χ4n) is 10.8. The fourth-order valence-corrected chi connectivity index (χ4v) is 10.8. The molecule has 6 nitrogen and oxygen atoms in total. The van der Waals surface area contributed by atoms with Crippen LogP contribution in [0, 0.1) is 0 Å². The SMILES string of the molecule is CCCCC/C=C\C/C=C\CCCCCCCCCCCC(=O)OCC(COC(=O)CCCCCCCCCCCCC/C=C\CCCCCCCCCC)OC(=O)CCCCCCCCCCC/C=C\CCCCCCCCCC. The van der Waals surface area contributed by atoms with E-state index in [1.165, 1.54) is 289 Å². The van der Waals surface area contributed by atoms with E-state index in [-0.39, 0.29) is 31.1 Å². The third-order valence-electron chi connectivity index (χ3n) is 16.3. The summed E-state index contributed by atoms with van der Waals surface area (Å²) in [6, 6.07) is 0. The average Bonchev–Trinajstić information content (AvgIpc) is 3.47. The number of rotatable bonds is 67. The lowest BCUT2D eigenvalue weighted by Gasteiger charge is -2.18. The molecule has 474 valence electrons. The molecule has 0 aliphatic rings. The van der Waals surface area contributed by atoms with Gasteiger partial charge in [0.15, 0.2) is 6.10 Å². The molecule has 0 saturated heterocycles. The molecule has 1 unspecified atom stereocenters. The van der Waals surface area contributed by atoms with Crippen LogP contribution < -0.4 is 0 Å². The van der Waals surface area contributed by atoms with E-state index in [0.29, 0.717) is 19.3 Å². The second-order valence-electron chi connectivity index (χ2n) is 24.5. The lowest BCUT2D eigenvalue weighted by atomic mass is 10.0. The second kappa shape index (κ2) is 69.9. The van der Waals surface area contributed by atoms with E-state index in [4.69, 9.17) is 14.2 Å². The minimum absolute atomic E-state index is 0.0724. The largest absolute Gasteiger partial charge is 0.462 e. The standard InChI is InChI=1S/C75H138O6/c1-4-7-10-13-16-19-22-25-28-31-34-36-37-39-41-44-47-50-53-56-59-62-65-68-74(77)80-71-72(70-79-73(76)67-64-61-58-55-52-49-46-43-40-33-30-27-24-21-18-15-12-9-6-3)81-75(78)69-66-63-60-57-54-51-48-45-42-38-35-32-29-26-23-20-17-14-11-8-5-2/h18,21,27,30-32,34-35,72H,4-17,19-20,22-26,28-29,33,36-71H2,1-3H3/b21-18-,30-27-,34-31-,35-32-. The van der Waals surface area contributed by atoms with Gasteiger partial charge in [0, 0.05) is 19.3 Å². The van der Waals surface area contributed by atoms with Crippen LogP contribution in [0.3, 0.4) is 0 Å². The van der Waals surface area contributed by atoms with Crippen LogP contribution in [0.2, 0.25) is 0 Å². The summed E-state index contributed by atoms with van der Waals surface area (Å²) in [4.78, 5) is 38.5. The van der Waals surface area contributed by atoms with Crippen molar-refractivity contribution < 1.29 is 28.6 Å². The van der Waals surface area contributed by atoms with E-state index in [2.05, 4.69) is 69.4 Å². The van der Waals surface area contributed by atoms with Gasteiger partial charge in [0.1, 0.15) is 13.2 Å². The van der Waals surface area contributed by atoms with Crippen molar-refractivity contribution in [1.29, 1.82) is 0 Å². The number of ether oxygens (including phenoxy) is 3. The van der Waals surface area contributed by atoms with Crippen molar-refractivity contribution in [2.45, 2.75) is 399 Å². The quantitative estimate of drug-likeness (QED) is 0.0261. The first kappa shape index (κ1) is 78.4. The molecule has 0 aromatic heterocycles. The van der Waals surface area contributed by atoms with E-state index >= 15 is 0 Å². The molecule has 0 bridgehead atoms. The zero-order valence-electron chi connectivity index (χ0n) is 54.6. The Bertz CT molecular complexity index is 1400. The van der Waals surface area contributed by atoms with Gasteiger partial charge in [-0.1, -0.05) is 320 Å². The Labute approximate surface area is 505 Å². The Kier molecular flexibility index (Phi) is 67.6. The number of hydrogen-bond acceptors (Lipinski definition) is 6. The molecular weight excluding hydrogens is 997 g/mol. The predicted molar refractivity (Wildman–Crippen MR) is 353 cm³/mol. The van der Waals surface area contributed by atoms with Crippen molar-refractivity contribution in [3.8, 4) is 0 Å². The van der Waals surface area contributed by atoms with Crippen LogP contribution >= 0.6 is 0 Å². The summed E-state index contributed by atoms with van der Waals surface area (Å²) < 4.78 is 17.0. The van der Waals surface area contributed by atoms with Crippen molar-refractivity contribution in [3.05, 3.63) is 48.6 Å². The number of unbranched alkanes of at least 4 members (excludes halogenated alkanes) is 48. The molecule has 0 N–H and O–H groups in total. The molecule has 0 aliphatic heterocycles. The Morgan fingerprint density at radius 1 is 0.247 bits per heavy atom. The van der Waals surface area contributed by atoms with E-state index in [1.807, 2.05) is 0 Å². The Hall–Kier alpha value is -2.63. The number of allylic oxidation sites excluding steroid dienone is 8. The average molecular weight is 1140 g/mol.